The first-order valence-corrected chi connectivity index (χ1v) is 5.49. The fourth-order valence-electron chi connectivity index (χ4n) is 1.52. The summed E-state index contributed by atoms with van der Waals surface area (Å²) in [6.07, 6.45) is -3.12. The summed E-state index contributed by atoms with van der Waals surface area (Å²) in [5.74, 6) is -0.454. The van der Waals surface area contributed by atoms with E-state index in [1.54, 1.807) is 0 Å². The second-order valence-electron chi connectivity index (χ2n) is 3.81. The number of anilines is 1. The number of hydrogen-bond acceptors (Lipinski definition) is 3. The van der Waals surface area contributed by atoms with Gasteiger partial charge in [-0.2, -0.15) is 13.2 Å². The van der Waals surface area contributed by atoms with Gasteiger partial charge in [0.05, 0.1) is 5.56 Å². The van der Waals surface area contributed by atoms with E-state index in [-0.39, 0.29) is 16.5 Å². The molecule has 0 saturated carbocycles. The Morgan fingerprint density at radius 1 is 1.26 bits per heavy atom. The third kappa shape index (κ3) is 2.84. The number of amides is 1. The average molecular weight is 287 g/mol. The van der Waals surface area contributed by atoms with E-state index in [2.05, 4.69) is 10.6 Å². The Labute approximate surface area is 111 Å². The highest BCUT2D eigenvalue weighted by Gasteiger charge is 2.30. The van der Waals surface area contributed by atoms with Gasteiger partial charge in [0.2, 0.25) is 0 Å². The summed E-state index contributed by atoms with van der Waals surface area (Å²) >= 11 is 4.73. The van der Waals surface area contributed by atoms with Crippen LogP contribution in [0.5, 0.6) is 0 Å². The summed E-state index contributed by atoms with van der Waals surface area (Å²) in [5, 5.41) is 5.05. The van der Waals surface area contributed by atoms with Gasteiger partial charge in [0.1, 0.15) is 5.70 Å². The normalized spacial score (nSPS) is 17.5. The van der Waals surface area contributed by atoms with E-state index in [0.717, 1.165) is 12.1 Å². The first kappa shape index (κ1) is 13.3. The van der Waals surface area contributed by atoms with Gasteiger partial charge in [0.25, 0.3) is 5.91 Å². The Morgan fingerprint density at radius 3 is 2.42 bits per heavy atom. The monoisotopic (exact) mass is 287 g/mol. The lowest BCUT2D eigenvalue weighted by Gasteiger charge is -2.09. The number of hydrogen-bond donors (Lipinski definition) is 3. The van der Waals surface area contributed by atoms with E-state index >= 15 is 0 Å². The molecule has 1 saturated heterocycles. The van der Waals surface area contributed by atoms with E-state index in [1.807, 2.05) is 0 Å². The molecule has 0 bridgehead atoms. The van der Waals surface area contributed by atoms with Crippen molar-refractivity contribution >= 4 is 35.0 Å². The molecule has 1 fully saturated rings. The SMILES string of the molecule is Nc1cc(C(F)(F)F)ccc1C=C1NC(=S)NC1=O. The van der Waals surface area contributed by atoms with Crippen LogP contribution >= 0.6 is 12.2 Å². The van der Waals surface area contributed by atoms with Crippen LogP contribution in [-0.2, 0) is 11.0 Å². The number of benzene rings is 1. The topological polar surface area (TPSA) is 67.2 Å². The van der Waals surface area contributed by atoms with Crippen molar-refractivity contribution in [2.75, 3.05) is 5.73 Å². The van der Waals surface area contributed by atoms with Crippen molar-refractivity contribution in [2.24, 2.45) is 0 Å². The third-order valence-electron chi connectivity index (χ3n) is 2.43. The maximum Gasteiger partial charge on any atom is 0.416 e. The molecule has 1 heterocycles. The number of alkyl halides is 3. The van der Waals surface area contributed by atoms with Crippen molar-refractivity contribution in [1.29, 1.82) is 0 Å². The second-order valence-corrected chi connectivity index (χ2v) is 4.22. The van der Waals surface area contributed by atoms with Gasteiger partial charge in [-0.1, -0.05) is 6.07 Å². The van der Waals surface area contributed by atoms with Crippen molar-refractivity contribution in [2.45, 2.75) is 6.18 Å². The Morgan fingerprint density at radius 2 is 1.95 bits per heavy atom. The fraction of sp³-hybridized carbons (Fsp3) is 0.0909. The number of nitrogens with two attached hydrogens (primary N) is 1. The highest BCUT2D eigenvalue weighted by Crippen LogP contribution is 2.31. The lowest BCUT2D eigenvalue weighted by Crippen LogP contribution is -2.21. The van der Waals surface area contributed by atoms with Crippen molar-refractivity contribution in [1.82, 2.24) is 10.6 Å². The van der Waals surface area contributed by atoms with Crippen LogP contribution in [0, 0.1) is 0 Å². The summed E-state index contributed by atoms with van der Waals surface area (Å²) < 4.78 is 37.4. The number of halogens is 3. The number of carbonyl (C=O) groups excluding carboxylic acids is 1. The standard InChI is InChI=1S/C11H8F3N3OS/c12-11(13,14)6-2-1-5(7(15)4-6)3-8-9(18)17-10(19)16-8/h1-4H,15H2,(H2,16,17,18,19). The lowest BCUT2D eigenvalue weighted by atomic mass is 10.1. The van der Waals surface area contributed by atoms with Gasteiger partial charge in [-0.05, 0) is 36.0 Å². The molecule has 1 aromatic carbocycles. The quantitative estimate of drug-likeness (QED) is 0.417. The predicted octanol–water partition coefficient (Wildman–Crippen LogP) is 1.63. The van der Waals surface area contributed by atoms with Crippen LogP contribution < -0.4 is 16.4 Å². The molecule has 19 heavy (non-hydrogen) atoms. The number of nitrogen functional groups attached to an aromatic ring is 1. The van der Waals surface area contributed by atoms with Crippen molar-refractivity contribution < 1.29 is 18.0 Å². The van der Waals surface area contributed by atoms with Crippen LogP contribution in [0.4, 0.5) is 18.9 Å². The highest BCUT2D eigenvalue weighted by atomic mass is 32.1. The fourth-order valence-corrected chi connectivity index (χ4v) is 1.72. The summed E-state index contributed by atoms with van der Waals surface area (Å²) in [6, 6.07) is 2.91. The molecule has 1 aromatic rings. The summed E-state index contributed by atoms with van der Waals surface area (Å²) in [5.41, 5.74) is 5.06. The minimum absolute atomic E-state index is 0.0743. The van der Waals surface area contributed by atoms with E-state index in [1.165, 1.54) is 12.1 Å². The smallest absolute Gasteiger partial charge is 0.398 e. The molecule has 4 N–H and O–H groups in total. The van der Waals surface area contributed by atoms with Crippen LogP contribution in [0.2, 0.25) is 0 Å². The molecular weight excluding hydrogens is 279 g/mol. The van der Waals surface area contributed by atoms with Crippen LogP contribution in [0.15, 0.2) is 23.9 Å². The predicted molar refractivity (Wildman–Crippen MR) is 67.7 cm³/mol. The van der Waals surface area contributed by atoms with E-state index in [4.69, 9.17) is 18.0 Å². The van der Waals surface area contributed by atoms with Crippen molar-refractivity contribution in [3.8, 4) is 0 Å². The Hall–Kier alpha value is -2.09. The molecule has 4 nitrogen and oxygen atoms in total. The van der Waals surface area contributed by atoms with Gasteiger partial charge in [-0.25, -0.2) is 0 Å². The van der Waals surface area contributed by atoms with E-state index in [0.29, 0.717) is 5.56 Å². The average Bonchev–Trinajstić information content (AvgIpc) is 2.59. The van der Waals surface area contributed by atoms with Crippen LogP contribution in [-0.4, -0.2) is 11.0 Å². The molecule has 8 heteroatoms. The minimum atomic E-state index is -4.45. The highest BCUT2D eigenvalue weighted by molar-refractivity contribution is 7.80. The largest absolute Gasteiger partial charge is 0.416 e. The maximum atomic E-state index is 12.5. The molecule has 2 rings (SSSR count). The summed E-state index contributed by atoms with van der Waals surface area (Å²) in [4.78, 5) is 11.4. The molecule has 100 valence electrons. The summed E-state index contributed by atoms with van der Waals surface area (Å²) in [6.45, 7) is 0. The molecule has 0 aliphatic carbocycles. The zero-order valence-electron chi connectivity index (χ0n) is 9.34. The van der Waals surface area contributed by atoms with Crippen LogP contribution in [0.3, 0.4) is 0 Å². The Balaban J connectivity index is 2.35. The van der Waals surface area contributed by atoms with Gasteiger partial charge < -0.3 is 11.1 Å². The van der Waals surface area contributed by atoms with Crippen molar-refractivity contribution in [3.05, 3.63) is 35.0 Å². The van der Waals surface area contributed by atoms with Crippen LogP contribution in [0.25, 0.3) is 6.08 Å². The first-order chi connectivity index (χ1) is 8.77. The van der Waals surface area contributed by atoms with Gasteiger partial charge in [-0.15, -0.1) is 0 Å². The zero-order valence-corrected chi connectivity index (χ0v) is 10.2. The molecule has 1 aliphatic heterocycles. The minimum Gasteiger partial charge on any atom is -0.398 e. The van der Waals surface area contributed by atoms with Gasteiger partial charge in [-0.3, -0.25) is 10.1 Å². The molecule has 1 amide bonds. The van der Waals surface area contributed by atoms with E-state index in [9.17, 15) is 18.0 Å². The first-order valence-electron chi connectivity index (χ1n) is 5.08. The Kier molecular flexibility index (Phi) is 3.19. The molecule has 0 unspecified atom stereocenters. The molecule has 1 aliphatic rings. The molecule has 0 radical (unpaired) electrons. The maximum absolute atomic E-state index is 12.5. The number of nitrogens with one attached hydrogen (secondary N) is 2. The molecule has 0 aromatic heterocycles. The van der Waals surface area contributed by atoms with Crippen molar-refractivity contribution in [3.63, 3.8) is 0 Å². The van der Waals surface area contributed by atoms with Crippen LogP contribution in [0.1, 0.15) is 11.1 Å². The second kappa shape index (κ2) is 4.54. The number of thiocarbonyl (C=S) groups is 1. The number of carbonyl (C=O) groups is 1. The molecule has 0 atom stereocenters. The number of rotatable bonds is 1. The van der Waals surface area contributed by atoms with E-state index < -0.39 is 17.6 Å². The van der Waals surface area contributed by atoms with Gasteiger partial charge >= 0.3 is 6.18 Å². The molecular formula is C11H8F3N3OS. The summed E-state index contributed by atoms with van der Waals surface area (Å²) in [7, 11) is 0. The van der Waals surface area contributed by atoms with Gasteiger partial charge in [0.15, 0.2) is 5.11 Å². The van der Waals surface area contributed by atoms with Gasteiger partial charge in [0, 0.05) is 5.69 Å². The third-order valence-corrected chi connectivity index (χ3v) is 2.64. The Bertz CT molecular complexity index is 595. The lowest BCUT2D eigenvalue weighted by molar-refractivity contribution is -0.137. The molecule has 0 spiro atoms. The zero-order chi connectivity index (χ0) is 14.2.